The lowest BCUT2D eigenvalue weighted by molar-refractivity contribution is 0.190. The number of pyridine rings is 1. The van der Waals surface area contributed by atoms with Crippen molar-refractivity contribution in [3.8, 4) is 11.5 Å². The Labute approximate surface area is 105 Å². The van der Waals surface area contributed by atoms with E-state index in [-0.39, 0.29) is 6.04 Å². The molecule has 0 fully saturated rings. The van der Waals surface area contributed by atoms with Crippen molar-refractivity contribution in [3.63, 3.8) is 0 Å². The van der Waals surface area contributed by atoms with Crippen LogP contribution in [0.5, 0.6) is 0 Å². The third-order valence-electron chi connectivity index (χ3n) is 2.35. The Morgan fingerprint density at radius 3 is 3.00 bits per heavy atom. The first-order chi connectivity index (χ1) is 8.69. The van der Waals surface area contributed by atoms with Crippen molar-refractivity contribution in [1.29, 1.82) is 0 Å². The van der Waals surface area contributed by atoms with E-state index in [9.17, 15) is 0 Å². The monoisotopic (exact) mass is 248 g/mol. The average Bonchev–Trinajstić information content (AvgIpc) is 2.76. The first kappa shape index (κ1) is 12.5. The van der Waals surface area contributed by atoms with E-state index >= 15 is 0 Å². The zero-order valence-corrected chi connectivity index (χ0v) is 10.7. The summed E-state index contributed by atoms with van der Waals surface area (Å²) in [4.78, 5) is 8.42. The summed E-state index contributed by atoms with van der Waals surface area (Å²) in [6.07, 6.45) is 1.71. The summed E-state index contributed by atoms with van der Waals surface area (Å²) < 4.78 is 10.2. The standard InChI is InChI=1S/C12H16N4O2/c1-8(7-17-3)14-11-6-10(4-5-13-11)12-15-9(2)16-18-12/h4-6,8H,7H2,1-3H3,(H,13,14)/t8-/m1/s1. The zero-order valence-electron chi connectivity index (χ0n) is 10.7. The summed E-state index contributed by atoms with van der Waals surface area (Å²) in [7, 11) is 1.67. The van der Waals surface area contributed by atoms with Gasteiger partial charge >= 0.3 is 0 Å². The Morgan fingerprint density at radius 1 is 1.50 bits per heavy atom. The molecular formula is C12H16N4O2. The second-order valence-corrected chi connectivity index (χ2v) is 4.08. The molecule has 0 unspecified atom stereocenters. The van der Waals surface area contributed by atoms with E-state index in [1.165, 1.54) is 0 Å². The van der Waals surface area contributed by atoms with Gasteiger partial charge in [-0.2, -0.15) is 4.98 Å². The van der Waals surface area contributed by atoms with Gasteiger partial charge in [0, 0.05) is 24.9 Å². The van der Waals surface area contributed by atoms with Crippen LogP contribution < -0.4 is 5.32 Å². The fourth-order valence-electron chi connectivity index (χ4n) is 1.60. The molecule has 18 heavy (non-hydrogen) atoms. The number of aromatic nitrogens is 3. The summed E-state index contributed by atoms with van der Waals surface area (Å²) in [5, 5.41) is 7.00. The lowest BCUT2D eigenvalue weighted by atomic mass is 10.2. The van der Waals surface area contributed by atoms with E-state index in [0.29, 0.717) is 18.3 Å². The van der Waals surface area contributed by atoms with Crippen LogP contribution in [0.3, 0.4) is 0 Å². The van der Waals surface area contributed by atoms with Gasteiger partial charge in [0.1, 0.15) is 5.82 Å². The van der Waals surface area contributed by atoms with Gasteiger partial charge in [0.2, 0.25) is 0 Å². The highest BCUT2D eigenvalue weighted by Crippen LogP contribution is 2.19. The number of anilines is 1. The van der Waals surface area contributed by atoms with Crippen molar-refractivity contribution < 1.29 is 9.26 Å². The maximum atomic E-state index is 5.12. The van der Waals surface area contributed by atoms with Crippen LogP contribution in [-0.4, -0.2) is 34.9 Å². The van der Waals surface area contributed by atoms with E-state index < -0.39 is 0 Å². The molecule has 6 nitrogen and oxygen atoms in total. The lowest BCUT2D eigenvalue weighted by Gasteiger charge is -2.13. The molecule has 2 heterocycles. The average molecular weight is 248 g/mol. The normalized spacial score (nSPS) is 12.4. The summed E-state index contributed by atoms with van der Waals surface area (Å²) in [5.74, 6) is 1.87. The third-order valence-corrected chi connectivity index (χ3v) is 2.35. The van der Waals surface area contributed by atoms with Crippen LogP contribution in [-0.2, 0) is 4.74 Å². The van der Waals surface area contributed by atoms with Crippen molar-refractivity contribution in [2.75, 3.05) is 19.0 Å². The van der Waals surface area contributed by atoms with Crippen molar-refractivity contribution >= 4 is 5.82 Å². The van der Waals surface area contributed by atoms with E-state index in [0.717, 1.165) is 11.4 Å². The Balaban J connectivity index is 2.15. The molecule has 2 rings (SSSR count). The molecule has 0 aliphatic heterocycles. The fourth-order valence-corrected chi connectivity index (χ4v) is 1.60. The molecule has 0 aliphatic rings. The SMILES string of the molecule is COC[C@@H](C)Nc1cc(-c2nc(C)no2)ccn1. The van der Waals surface area contributed by atoms with E-state index in [1.54, 1.807) is 20.2 Å². The van der Waals surface area contributed by atoms with Crippen LogP contribution in [0, 0.1) is 6.92 Å². The summed E-state index contributed by atoms with van der Waals surface area (Å²) >= 11 is 0. The molecule has 2 aromatic heterocycles. The molecule has 0 aliphatic carbocycles. The van der Waals surface area contributed by atoms with Crippen LogP contribution >= 0.6 is 0 Å². The van der Waals surface area contributed by atoms with E-state index in [1.807, 2.05) is 19.1 Å². The molecule has 0 bridgehead atoms. The minimum Gasteiger partial charge on any atom is -0.383 e. The topological polar surface area (TPSA) is 73.1 Å². The highest BCUT2D eigenvalue weighted by Gasteiger charge is 2.08. The van der Waals surface area contributed by atoms with Crippen LogP contribution in [0.2, 0.25) is 0 Å². The minimum absolute atomic E-state index is 0.183. The predicted octanol–water partition coefficient (Wildman–Crippen LogP) is 1.89. The van der Waals surface area contributed by atoms with Gasteiger partial charge in [-0.15, -0.1) is 0 Å². The predicted molar refractivity (Wildman–Crippen MR) is 67.2 cm³/mol. The maximum absolute atomic E-state index is 5.12. The fraction of sp³-hybridized carbons (Fsp3) is 0.417. The highest BCUT2D eigenvalue weighted by molar-refractivity contribution is 5.57. The van der Waals surface area contributed by atoms with Crippen LogP contribution in [0.1, 0.15) is 12.7 Å². The number of hydrogen-bond donors (Lipinski definition) is 1. The van der Waals surface area contributed by atoms with Crippen molar-refractivity contribution in [3.05, 3.63) is 24.2 Å². The number of aryl methyl sites for hydroxylation is 1. The largest absolute Gasteiger partial charge is 0.383 e. The molecule has 0 aromatic carbocycles. The summed E-state index contributed by atoms with van der Waals surface area (Å²) in [6, 6.07) is 3.89. The molecule has 96 valence electrons. The van der Waals surface area contributed by atoms with Crippen molar-refractivity contribution in [2.24, 2.45) is 0 Å². The van der Waals surface area contributed by atoms with Gasteiger partial charge in [-0.1, -0.05) is 5.16 Å². The van der Waals surface area contributed by atoms with E-state index in [4.69, 9.17) is 9.26 Å². The zero-order chi connectivity index (χ0) is 13.0. The van der Waals surface area contributed by atoms with Gasteiger partial charge in [-0.05, 0) is 26.0 Å². The van der Waals surface area contributed by atoms with Crippen LogP contribution in [0.15, 0.2) is 22.9 Å². The summed E-state index contributed by atoms with van der Waals surface area (Å²) in [6.45, 7) is 4.42. The molecule has 0 radical (unpaired) electrons. The van der Waals surface area contributed by atoms with Gasteiger partial charge in [0.25, 0.3) is 5.89 Å². The molecular weight excluding hydrogens is 232 g/mol. The Kier molecular flexibility index (Phi) is 3.88. The second kappa shape index (κ2) is 5.59. The third kappa shape index (κ3) is 3.04. The molecule has 0 saturated carbocycles. The molecule has 6 heteroatoms. The van der Waals surface area contributed by atoms with Gasteiger partial charge in [0.05, 0.1) is 6.61 Å². The van der Waals surface area contributed by atoms with Gasteiger partial charge in [-0.3, -0.25) is 0 Å². The highest BCUT2D eigenvalue weighted by atomic mass is 16.5. The number of nitrogens with one attached hydrogen (secondary N) is 1. The Bertz CT molecular complexity index is 512. The number of hydrogen-bond acceptors (Lipinski definition) is 6. The molecule has 0 spiro atoms. The number of ether oxygens (including phenoxy) is 1. The smallest absolute Gasteiger partial charge is 0.258 e. The quantitative estimate of drug-likeness (QED) is 0.871. The molecule has 0 amide bonds. The maximum Gasteiger partial charge on any atom is 0.258 e. The Morgan fingerprint density at radius 2 is 2.33 bits per heavy atom. The molecule has 2 aromatic rings. The van der Waals surface area contributed by atoms with Crippen molar-refractivity contribution in [2.45, 2.75) is 19.9 Å². The first-order valence-corrected chi connectivity index (χ1v) is 5.71. The second-order valence-electron chi connectivity index (χ2n) is 4.08. The summed E-state index contributed by atoms with van der Waals surface area (Å²) in [5.41, 5.74) is 0.845. The van der Waals surface area contributed by atoms with Gasteiger partial charge in [-0.25, -0.2) is 4.98 Å². The molecule has 1 atom stereocenters. The molecule has 1 N–H and O–H groups in total. The minimum atomic E-state index is 0.183. The van der Waals surface area contributed by atoms with Gasteiger partial charge < -0.3 is 14.6 Å². The molecule has 0 saturated heterocycles. The van der Waals surface area contributed by atoms with Gasteiger partial charge in [0.15, 0.2) is 5.82 Å². The number of rotatable bonds is 5. The Hall–Kier alpha value is -1.95. The van der Waals surface area contributed by atoms with Crippen LogP contribution in [0.25, 0.3) is 11.5 Å². The van der Waals surface area contributed by atoms with E-state index in [2.05, 4.69) is 20.4 Å². The number of nitrogens with zero attached hydrogens (tertiary/aromatic N) is 3. The number of methoxy groups -OCH3 is 1. The first-order valence-electron chi connectivity index (χ1n) is 5.71. The van der Waals surface area contributed by atoms with Crippen molar-refractivity contribution in [1.82, 2.24) is 15.1 Å². The van der Waals surface area contributed by atoms with Crippen LogP contribution in [0.4, 0.5) is 5.82 Å². The lowest BCUT2D eigenvalue weighted by Crippen LogP contribution is -2.21.